The SMILES string of the molecule is CCC1O[C@@H](Oc2ccc(C=O)cc2[N+](=O)[O-])[C@H](C)C(C)[C@H]1C. The van der Waals surface area contributed by atoms with E-state index in [0.717, 1.165) is 6.42 Å². The van der Waals surface area contributed by atoms with E-state index in [4.69, 9.17) is 9.47 Å². The van der Waals surface area contributed by atoms with Crippen molar-refractivity contribution in [2.45, 2.75) is 46.5 Å². The van der Waals surface area contributed by atoms with Crippen LogP contribution in [-0.2, 0) is 4.74 Å². The van der Waals surface area contributed by atoms with Crippen molar-refractivity contribution in [2.24, 2.45) is 17.8 Å². The summed E-state index contributed by atoms with van der Waals surface area (Å²) in [5, 5.41) is 11.2. The Morgan fingerprint density at radius 3 is 2.52 bits per heavy atom. The summed E-state index contributed by atoms with van der Waals surface area (Å²) in [7, 11) is 0. The quantitative estimate of drug-likeness (QED) is 0.468. The molecule has 2 rings (SSSR count). The lowest BCUT2D eigenvalue weighted by Crippen LogP contribution is -2.47. The van der Waals surface area contributed by atoms with Crippen molar-refractivity contribution in [2.75, 3.05) is 0 Å². The molecule has 0 N–H and O–H groups in total. The predicted molar refractivity (Wildman–Crippen MR) is 85.6 cm³/mol. The lowest BCUT2D eigenvalue weighted by molar-refractivity contribution is -0.386. The molecule has 0 bridgehead atoms. The van der Waals surface area contributed by atoms with Crippen molar-refractivity contribution in [1.82, 2.24) is 0 Å². The van der Waals surface area contributed by atoms with Crippen molar-refractivity contribution in [1.29, 1.82) is 0 Å². The zero-order valence-electron chi connectivity index (χ0n) is 13.9. The van der Waals surface area contributed by atoms with E-state index in [-0.39, 0.29) is 29.0 Å². The molecule has 6 heteroatoms. The van der Waals surface area contributed by atoms with Gasteiger partial charge in [-0.25, -0.2) is 0 Å². The van der Waals surface area contributed by atoms with Gasteiger partial charge in [-0.05, 0) is 30.4 Å². The molecule has 0 spiro atoms. The van der Waals surface area contributed by atoms with Crippen LogP contribution in [0.5, 0.6) is 5.75 Å². The van der Waals surface area contributed by atoms with Gasteiger partial charge in [-0.15, -0.1) is 0 Å². The second kappa shape index (κ2) is 7.08. The highest BCUT2D eigenvalue weighted by Gasteiger charge is 2.40. The molecule has 6 nitrogen and oxygen atoms in total. The maximum absolute atomic E-state index is 11.2. The van der Waals surface area contributed by atoms with Gasteiger partial charge in [-0.2, -0.15) is 0 Å². The smallest absolute Gasteiger partial charge is 0.311 e. The maximum Gasteiger partial charge on any atom is 0.311 e. The van der Waals surface area contributed by atoms with Crippen LogP contribution in [0.4, 0.5) is 5.69 Å². The summed E-state index contributed by atoms with van der Waals surface area (Å²) >= 11 is 0. The van der Waals surface area contributed by atoms with E-state index >= 15 is 0 Å². The van der Waals surface area contributed by atoms with Crippen LogP contribution in [0.2, 0.25) is 0 Å². The Kier molecular flexibility index (Phi) is 5.36. The average molecular weight is 321 g/mol. The minimum Gasteiger partial charge on any atom is -0.457 e. The topological polar surface area (TPSA) is 78.7 Å². The van der Waals surface area contributed by atoms with Crippen LogP contribution >= 0.6 is 0 Å². The Hall–Kier alpha value is -1.95. The average Bonchev–Trinajstić information content (AvgIpc) is 2.55. The van der Waals surface area contributed by atoms with Gasteiger partial charge in [0.15, 0.2) is 5.75 Å². The molecule has 126 valence electrons. The molecule has 1 aromatic carbocycles. The zero-order chi connectivity index (χ0) is 17.1. The summed E-state index contributed by atoms with van der Waals surface area (Å²) in [5.41, 5.74) is 0.0276. The summed E-state index contributed by atoms with van der Waals surface area (Å²) in [6.45, 7) is 8.40. The van der Waals surface area contributed by atoms with E-state index in [1.807, 2.05) is 6.92 Å². The lowest BCUT2D eigenvalue weighted by atomic mass is 9.78. The second-order valence-electron chi connectivity index (χ2n) is 6.25. The molecular weight excluding hydrogens is 298 g/mol. The third-order valence-corrected chi connectivity index (χ3v) is 4.94. The van der Waals surface area contributed by atoms with Crippen molar-refractivity contribution in [3.63, 3.8) is 0 Å². The number of carbonyl (C=O) groups excluding carboxylic acids is 1. The second-order valence-corrected chi connectivity index (χ2v) is 6.25. The molecule has 1 saturated heterocycles. The summed E-state index contributed by atoms with van der Waals surface area (Å²) in [5.74, 6) is 1.03. The molecule has 0 amide bonds. The summed E-state index contributed by atoms with van der Waals surface area (Å²) < 4.78 is 11.8. The third-order valence-electron chi connectivity index (χ3n) is 4.94. The van der Waals surface area contributed by atoms with Gasteiger partial charge in [0.1, 0.15) is 6.29 Å². The van der Waals surface area contributed by atoms with Gasteiger partial charge in [-0.3, -0.25) is 14.9 Å². The predicted octanol–water partition coefficient (Wildman–Crippen LogP) is 3.83. The van der Waals surface area contributed by atoms with Crippen molar-refractivity contribution >= 4 is 12.0 Å². The van der Waals surface area contributed by atoms with Gasteiger partial charge < -0.3 is 9.47 Å². The molecule has 1 heterocycles. The van der Waals surface area contributed by atoms with Crippen LogP contribution in [0, 0.1) is 27.9 Å². The van der Waals surface area contributed by atoms with Gasteiger partial charge in [-0.1, -0.05) is 27.7 Å². The summed E-state index contributed by atoms with van der Waals surface area (Å²) in [4.78, 5) is 21.5. The van der Waals surface area contributed by atoms with E-state index in [0.29, 0.717) is 18.1 Å². The molecule has 1 aliphatic rings. The minimum atomic E-state index is -0.542. The molecule has 23 heavy (non-hydrogen) atoms. The number of ether oxygens (including phenoxy) is 2. The Morgan fingerprint density at radius 1 is 1.26 bits per heavy atom. The first kappa shape index (κ1) is 17.4. The first-order valence-electron chi connectivity index (χ1n) is 7.94. The fraction of sp³-hybridized carbons (Fsp3) is 0.588. The van der Waals surface area contributed by atoms with E-state index in [2.05, 4.69) is 20.8 Å². The standard InChI is InChI=1S/C17H23NO5/c1-5-15-11(3)10(2)12(4)17(22-15)23-16-7-6-13(9-19)8-14(16)18(20)21/h6-12,15,17H,5H2,1-4H3/t10?,11-,12-,15?,17+/m1/s1. The molecule has 0 aromatic heterocycles. The number of benzene rings is 1. The van der Waals surface area contributed by atoms with E-state index < -0.39 is 11.2 Å². The molecule has 1 aliphatic heterocycles. The van der Waals surface area contributed by atoms with Crippen LogP contribution in [0.25, 0.3) is 0 Å². The van der Waals surface area contributed by atoms with E-state index in [1.165, 1.54) is 18.2 Å². The molecule has 0 saturated carbocycles. The molecular formula is C17H23NO5. The first-order chi connectivity index (χ1) is 10.9. The van der Waals surface area contributed by atoms with Crippen molar-refractivity contribution in [3.8, 4) is 5.75 Å². The molecule has 0 radical (unpaired) electrons. The maximum atomic E-state index is 11.2. The van der Waals surface area contributed by atoms with Gasteiger partial charge in [0, 0.05) is 17.5 Å². The Balaban J connectivity index is 2.27. The number of rotatable bonds is 5. The number of hydrogen-bond acceptors (Lipinski definition) is 5. The van der Waals surface area contributed by atoms with Gasteiger partial charge in [0.25, 0.3) is 0 Å². The number of carbonyl (C=O) groups is 1. The van der Waals surface area contributed by atoms with Crippen LogP contribution < -0.4 is 4.74 Å². The summed E-state index contributed by atoms with van der Waals surface area (Å²) in [6.07, 6.45) is 0.976. The van der Waals surface area contributed by atoms with Gasteiger partial charge in [0.05, 0.1) is 11.0 Å². The number of nitrogens with zero attached hydrogens (tertiary/aromatic N) is 1. The Morgan fingerprint density at radius 2 is 1.96 bits per heavy atom. The monoisotopic (exact) mass is 321 g/mol. The van der Waals surface area contributed by atoms with Crippen LogP contribution in [0.1, 0.15) is 44.5 Å². The van der Waals surface area contributed by atoms with Gasteiger partial charge in [0.2, 0.25) is 6.29 Å². The highest BCUT2D eigenvalue weighted by Crippen LogP contribution is 2.38. The van der Waals surface area contributed by atoms with Crippen molar-refractivity contribution < 1.29 is 19.2 Å². The zero-order valence-corrected chi connectivity index (χ0v) is 13.9. The van der Waals surface area contributed by atoms with Crippen LogP contribution in [0.3, 0.4) is 0 Å². The largest absolute Gasteiger partial charge is 0.457 e. The molecule has 0 aliphatic carbocycles. The lowest BCUT2D eigenvalue weighted by Gasteiger charge is -2.43. The minimum absolute atomic E-state index is 0.0690. The number of nitro benzene ring substituents is 1. The molecule has 2 unspecified atom stereocenters. The summed E-state index contributed by atoms with van der Waals surface area (Å²) in [6, 6.07) is 4.19. The number of nitro groups is 1. The Bertz CT molecular complexity index is 586. The highest BCUT2D eigenvalue weighted by atomic mass is 16.7. The van der Waals surface area contributed by atoms with Crippen LogP contribution in [0.15, 0.2) is 18.2 Å². The normalized spacial score (nSPS) is 30.7. The first-order valence-corrected chi connectivity index (χ1v) is 7.94. The molecule has 5 atom stereocenters. The van der Waals surface area contributed by atoms with E-state index in [9.17, 15) is 14.9 Å². The van der Waals surface area contributed by atoms with Crippen molar-refractivity contribution in [3.05, 3.63) is 33.9 Å². The molecule has 1 fully saturated rings. The fourth-order valence-electron chi connectivity index (χ4n) is 3.06. The molecule has 1 aromatic rings. The Labute approximate surface area is 135 Å². The van der Waals surface area contributed by atoms with Gasteiger partial charge >= 0.3 is 5.69 Å². The number of aldehydes is 1. The van der Waals surface area contributed by atoms with Crippen LogP contribution in [-0.4, -0.2) is 23.6 Å². The fourth-order valence-corrected chi connectivity index (χ4v) is 3.06. The highest BCUT2D eigenvalue weighted by molar-refractivity contribution is 5.77. The third kappa shape index (κ3) is 3.52. The van der Waals surface area contributed by atoms with E-state index in [1.54, 1.807) is 0 Å². The number of hydrogen-bond donors (Lipinski definition) is 0.